The van der Waals surface area contributed by atoms with Crippen molar-refractivity contribution in [2.45, 2.75) is 149 Å². The number of rotatable bonds is 24. The third-order valence-electron chi connectivity index (χ3n) is 14.1. The van der Waals surface area contributed by atoms with Gasteiger partial charge < -0.3 is 29.6 Å². The number of fused-ring (bicyclic) bond motifs is 5. The lowest BCUT2D eigenvalue weighted by atomic mass is 9.43. The van der Waals surface area contributed by atoms with E-state index in [9.17, 15) is 4.79 Å². The van der Waals surface area contributed by atoms with E-state index in [1.165, 1.54) is 12.8 Å². The molecular weight excluding hydrogens is 727 g/mol. The van der Waals surface area contributed by atoms with E-state index in [1.807, 2.05) is 20.8 Å². The van der Waals surface area contributed by atoms with Gasteiger partial charge in [-0.3, -0.25) is 0 Å². The highest BCUT2D eigenvalue weighted by Crippen LogP contribution is 2.69. The molecule has 16 nitrogen and oxygen atoms in total. The zero-order chi connectivity index (χ0) is 41.3. The number of nitrogens with one attached hydrogen (secondary N) is 2. The van der Waals surface area contributed by atoms with Crippen LogP contribution in [0.3, 0.4) is 0 Å². The first-order valence-electron chi connectivity index (χ1n) is 21.9. The highest BCUT2D eigenvalue weighted by molar-refractivity contribution is 5.67. The van der Waals surface area contributed by atoms with Gasteiger partial charge in [-0.05, 0) is 175 Å². The third-order valence-corrected chi connectivity index (χ3v) is 14.1. The molecule has 0 radical (unpaired) electrons. The van der Waals surface area contributed by atoms with Crippen LogP contribution >= 0.6 is 0 Å². The van der Waals surface area contributed by atoms with Crippen LogP contribution in [0.1, 0.15) is 125 Å². The van der Waals surface area contributed by atoms with Crippen LogP contribution in [0.4, 0.5) is 4.79 Å². The highest BCUT2D eigenvalue weighted by atomic mass is 16.6. The molecule has 0 aromatic rings. The quantitative estimate of drug-likeness (QED) is 0.0418. The van der Waals surface area contributed by atoms with Gasteiger partial charge in [-0.25, -0.2) is 4.79 Å². The van der Waals surface area contributed by atoms with Crippen LogP contribution in [-0.2, 0) is 18.9 Å². The molecule has 3 unspecified atom stereocenters. The van der Waals surface area contributed by atoms with Gasteiger partial charge >= 0.3 is 6.09 Å². The Kier molecular flexibility index (Phi) is 18.8. The predicted molar refractivity (Wildman–Crippen MR) is 221 cm³/mol. The Morgan fingerprint density at radius 1 is 0.789 bits per heavy atom. The summed E-state index contributed by atoms with van der Waals surface area (Å²) in [6, 6.07) is 0. The second-order valence-electron chi connectivity index (χ2n) is 18.6. The van der Waals surface area contributed by atoms with E-state index in [0.29, 0.717) is 94.3 Å². The van der Waals surface area contributed by atoms with Crippen LogP contribution in [0.25, 0.3) is 31.3 Å². The van der Waals surface area contributed by atoms with E-state index in [4.69, 9.17) is 35.5 Å². The lowest BCUT2D eigenvalue weighted by Crippen LogP contribution is -2.63. The van der Waals surface area contributed by atoms with E-state index in [1.54, 1.807) is 0 Å². The first-order chi connectivity index (χ1) is 27.4. The van der Waals surface area contributed by atoms with Crippen LogP contribution in [0, 0.1) is 46.3 Å². The number of ether oxygens (including phenoxy) is 4. The SMILES string of the molecule is C[C@H](CCCNCCCNC(=O)OC(C)(C)C)C1CC[C@H]2C3[C@H](OCCCN=[N+]=[N-])CC4C[C@H](OCCCN=[N+]=[N-])CC[C@]4(C)[C@H]3C[C@H](OCCCN=[N+]=[N-])[C@]12C. The molecule has 322 valence electrons. The summed E-state index contributed by atoms with van der Waals surface area (Å²) >= 11 is 0. The van der Waals surface area contributed by atoms with E-state index in [-0.39, 0.29) is 35.2 Å². The van der Waals surface area contributed by atoms with Crippen LogP contribution in [0.2, 0.25) is 0 Å². The molecule has 0 bridgehead atoms. The van der Waals surface area contributed by atoms with Crippen molar-refractivity contribution in [2.75, 3.05) is 59.1 Å². The van der Waals surface area contributed by atoms with Gasteiger partial charge in [0.1, 0.15) is 5.60 Å². The molecule has 0 heterocycles. The van der Waals surface area contributed by atoms with E-state index >= 15 is 0 Å². The Bertz CT molecular complexity index is 1400. The topological polar surface area (TPSA) is 224 Å². The van der Waals surface area contributed by atoms with Gasteiger partial charge in [-0.2, -0.15) is 0 Å². The molecule has 16 heteroatoms. The lowest BCUT2D eigenvalue weighted by molar-refractivity contribution is -0.227. The molecule has 1 amide bonds. The molecule has 0 aromatic carbocycles. The first-order valence-corrected chi connectivity index (χ1v) is 21.9. The first kappa shape index (κ1) is 46.7. The van der Waals surface area contributed by atoms with Crippen molar-refractivity contribution in [1.29, 1.82) is 0 Å². The fourth-order valence-corrected chi connectivity index (χ4v) is 11.5. The maximum atomic E-state index is 12.0. The summed E-state index contributed by atoms with van der Waals surface area (Å²) in [4.78, 5) is 20.8. The van der Waals surface area contributed by atoms with Crippen LogP contribution < -0.4 is 10.6 Å². The van der Waals surface area contributed by atoms with Gasteiger partial charge in [-0.1, -0.05) is 36.1 Å². The van der Waals surface area contributed by atoms with Gasteiger partial charge in [-0.15, -0.1) is 0 Å². The average Bonchev–Trinajstić information content (AvgIpc) is 3.53. The number of hydrogen-bond donors (Lipinski definition) is 2. The van der Waals surface area contributed by atoms with Crippen LogP contribution in [-0.4, -0.2) is 89.1 Å². The fourth-order valence-electron chi connectivity index (χ4n) is 11.5. The number of azide groups is 3. The molecule has 0 saturated heterocycles. The summed E-state index contributed by atoms with van der Waals surface area (Å²) < 4.78 is 25.7. The second kappa shape index (κ2) is 23.0. The molecular formula is C41H73N11O5. The van der Waals surface area contributed by atoms with Crippen molar-refractivity contribution < 1.29 is 23.7 Å². The van der Waals surface area contributed by atoms with Crippen molar-refractivity contribution in [3.8, 4) is 0 Å². The molecule has 2 N–H and O–H groups in total. The molecule has 57 heavy (non-hydrogen) atoms. The maximum Gasteiger partial charge on any atom is 0.407 e. The monoisotopic (exact) mass is 800 g/mol. The third kappa shape index (κ3) is 13.0. The number of nitrogens with zero attached hydrogens (tertiary/aromatic N) is 9. The summed E-state index contributed by atoms with van der Waals surface area (Å²) in [5, 5.41) is 17.7. The molecule has 11 atom stereocenters. The predicted octanol–water partition coefficient (Wildman–Crippen LogP) is 10.0. The molecule has 4 saturated carbocycles. The summed E-state index contributed by atoms with van der Waals surface area (Å²) in [6.07, 6.45) is 12.8. The van der Waals surface area contributed by atoms with E-state index < -0.39 is 5.60 Å². The average molecular weight is 800 g/mol. The molecule has 4 fully saturated rings. The molecule has 4 aliphatic rings. The molecule has 4 rings (SSSR count). The van der Waals surface area contributed by atoms with Crippen LogP contribution in [0.15, 0.2) is 15.3 Å². The van der Waals surface area contributed by atoms with Crippen molar-refractivity contribution in [3.05, 3.63) is 31.3 Å². The van der Waals surface area contributed by atoms with E-state index in [0.717, 1.165) is 70.9 Å². The van der Waals surface area contributed by atoms with Crippen molar-refractivity contribution in [1.82, 2.24) is 10.6 Å². The van der Waals surface area contributed by atoms with Crippen molar-refractivity contribution in [2.24, 2.45) is 61.7 Å². The Morgan fingerprint density at radius 3 is 2.07 bits per heavy atom. The molecule has 4 aliphatic carbocycles. The highest BCUT2D eigenvalue weighted by Gasteiger charge is 2.66. The van der Waals surface area contributed by atoms with Gasteiger partial charge in [0.2, 0.25) is 0 Å². The van der Waals surface area contributed by atoms with Gasteiger partial charge in [0.05, 0.1) is 18.3 Å². The van der Waals surface area contributed by atoms with Crippen LogP contribution in [0.5, 0.6) is 0 Å². The van der Waals surface area contributed by atoms with Crippen molar-refractivity contribution >= 4 is 6.09 Å². The second-order valence-corrected chi connectivity index (χ2v) is 18.6. The number of carbonyl (C=O) groups excluding carboxylic acids is 1. The minimum atomic E-state index is -0.497. The van der Waals surface area contributed by atoms with Crippen molar-refractivity contribution in [3.63, 3.8) is 0 Å². The standard InChI is InChI=1S/C41H73N11O5/c1-29(12-7-17-45-18-8-19-46-38(53)57-39(2,3)4)32-13-14-33-37-34(28-36(41(32,33)6)56-25-11-22-49-52-44)40(5)16-15-31(54-23-9-20-47-50-42)26-30(40)27-35(37)55-24-10-21-48-51-43/h29-37,45H,7-28H2,1-6H3,(H,46,53)/t29-,30?,31-,32?,33+,34+,35-,36+,37?,40+,41-/m1/s1. The summed E-state index contributed by atoms with van der Waals surface area (Å²) in [7, 11) is 0. The number of alkyl carbamates (subject to hydrolysis) is 1. The summed E-state index contributed by atoms with van der Waals surface area (Å²) in [5.74, 6) is 2.86. The zero-order valence-corrected chi connectivity index (χ0v) is 35.8. The Labute approximate surface area is 340 Å². The molecule has 0 aliphatic heterocycles. The molecule has 0 aromatic heterocycles. The number of hydrogen-bond acceptors (Lipinski definition) is 9. The normalized spacial score (nSPS) is 32.3. The summed E-state index contributed by atoms with van der Waals surface area (Å²) in [5.41, 5.74) is 26.1. The largest absolute Gasteiger partial charge is 0.444 e. The lowest BCUT2D eigenvalue weighted by Gasteiger charge is -2.65. The smallest absolute Gasteiger partial charge is 0.407 e. The van der Waals surface area contributed by atoms with E-state index in [2.05, 4.69) is 61.5 Å². The Morgan fingerprint density at radius 2 is 1.42 bits per heavy atom. The Hall–Kier alpha value is -2.96. The summed E-state index contributed by atoms with van der Waals surface area (Å²) in [6.45, 7) is 18.6. The molecule has 0 spiro atoms. The fraction of sp³-hybridized carbons (Fsp3) is 0.976. The van der Waals surface area contributed by atoms with Gasteiger partial charge in [0.15, 0.2) is 0 Å². The zero-order valence-electron chi connectivity index (χ0n) is 35.8. The minimum Gasteiger partial charge on any atom is -0.444 e. The number of amides is 1. The van der Waals surface area contributed by atoms with Gasteiger partial charge in [0, 0.05) is 66.1 Å². The Balaban J connectivity index is 1.46. The number of carbonyl (C=O) groups is 1. The minimum absolute atomic E-state index is 0.0119. The maximum absolute atomic E-state index is 12.0. The van der Waals surface area contributed by atoms with Gasteiger partial charge in [0.25, 0.3) is 0 Å².